The first-order chi connectivity index (χ1) is 12.7. The second kappa shape index (κ2) is 13.0. The minimum atomic E-state index is -0.414. The summed E-state index contributed by atoms with van der Waals surface area (Å²) < 4.78 is 4.91. The van der Waals surface area contributed by atoms with Gasteiger partial charge >= 0.3 is 5.97 Å². The van der Waals surface area contributed by atoms with Crippen molar-refractivity contribution in [1.29, 1.82) is 0 Å². The third-order valence-corrected chi connectivity index (χ3v) is 3.94. The van der Waals surface area contributed by atoms with Gasteiger partial charge < -0.3 is 15.4 Å². The molecule has 6 heteroatoms. The average molecular weight is 379 g/mol. The normalized spacial score (nSPS) is 12.4. The van der Waals surface area contributed by atoms with Crippen molar-refractivity contribution in [2.24, 2.45) is 11.8 Å². The second-order valence-corrected chi connectivity index (χ2v) is 6.55. The Balaban J connectivity index is 0.00000326. The van der Waals surface area contributed by atoms with E-state index < -0.39 is 5.92 Å². The van der Waals surface area contributed by atoms with Crippen LogP contribution in [0, 0.1) is 11.8 Å². The van der Waals surface area contributed by atoms with Crippen molar-refractivity contribution >= 4 is 23.3 Å². The molecule has 27 heavy (non-hydrogen) atoms. The predicted molar refractivity (Wildman–Crippen MR) is 108 cm³/mol. The standard InChI is InChI=1S/C19H28N2O4.C2H6/c1-12(2)18(20-5)17(23)10-13(3)19(24)21-16-8-6-15(7-9-16)11-25-14(4)22;1-2/h6-9,12-13,18,20H,10-11H2,1-5H3,(H,21,24);1-2H3/t13-,18+;/m1./s1. The van der Waals surface area contributed by atoms with E-state index in [1.54, 1.807) is 38.2 Å². The number of amides is 1. The number of carbonyl (C=O) groups is 3. The van der Waals surface area contributed by atoms with Gasteiger partial charge in [-0.25, -0.2) is 0 Å². The minimum absolute atomic E-state index is 0.0388. The lowest BCUT2D eigenvalue weighted by atomic mass is 9.93. The third-order valence-electron chi connectivity index (χ3n) is 3.94. The van der Waals surface area contributed by atoms with Crippen LogP contribution in [0.5, 0.6) is 0 Å². The van der Waals surface area contributed by atoms with Crippen LogP contribution < -0.4 is 10.6 Å². The third kappa shape index (κ3) is 9.33. The predicted octanol–water partition coefficient (Wildman–Crippen LogP) is 3.55. The average Bonchev–Trinajstić information content (AvgIpc) is 2.62. The van der Waals surface area contributed by atoms with Crippen molar-refractivity contribution in [2.75, 3.05) is 12.4 Å². The van der Waals surface area contributed by atoms with Crippen LogP contribution in [-0.4, -0.2) is 30.7 Å². The van der Waals surface area contributed by atoms with E-state index in [0.29, 0.717) is 5.69 Å². The molecule has 0 aliphatic heterocycles. The first-order valence-electron chi connectivity index (χ1n) is 9.47. The SMILES string of the molecule is CC.CN[C@H](C(=O)C[C@@H](C)C(=O)Nc1ccc(COC(C)=O)cc1)C(C)C. The summed E-state index contributed by atoms with van der Waals surface area (Å²) in [4.78, 5) is 35.3. The summed E-state index contributed by atoms with van der Waals surface area (Å²) in [6.07, 6.45) is 0.194. The number of Topliss-reactive ketones (excluding diaryl/α,β-unsaturated/α-hetero) is 1. The first-order valence-corrected chi connectivity index (χ1v) is 9.47. The number of ether oxygens (including phenoxy) is 1. The minimum Gasteiger partial charge on any atom is -0.461 e. The van der Waals surface area contributed by atoms with Crippen molar-refractivity contribution in [3.63, 3.8) is 0 Å². The monoisotopic (exact) mass is 378 g/mol. The van der Waals surface area contributed by atoms with Crippen LogP contribution >= 0.6 is 0 Å². The summed E-state index contributed by atoms with van der Waals surface area (Å²) in [6.45, 7) is 11.3. The number of carbonyl (C=O) groups excluding carboxylic acids is 3. The number of esters is 1. The molecular formula is C21H34N2O4. The Morgan fingerprint density at radius 2 is 1.59 bits per heavy atom. The Morgan fingerprint density at radius 1 is 1.04 bits per heavy atom. The van der Waals surface area contributed by atoms with Crippen LogP contribution in [0.15, 0.2) is 24.3 Å². The van der Waals surface area contributed by atoms with Crippen LogP contribution in [0.2, 0.25) is 0 Å². The molecule has 0 radical (unpaired) electrons. The lowest BCUT2D eigenvalue weighted by Crippen LogP contribution is -2.40. The smallest absolute Gasteiger partial charge is 0.302 e. The largest absolute Gasteiger partial charge is 0.461 e. The number of benzene rings is 1. The summed E-state index contributed by atoms with van der Waals surface area (Å²) in [7, 11) is 1.75. The summed E-state index contributed by atoms with van der Waals surface area (Å²) in [5.41, 5.74) is 1.48. The summed E-state index contributed by atoms with van der Waals surface area (Å²) >= 11 is 0. The molecule has 0 spiro atoms. The molecule has 0 saturated heterocycles. The van der Waals surface area contributed by atoms with E-state index in [4.69, 9.17) is 4.74 Å². The molecule has 152 valence electrons. The summed E-state index contributed by atoms with van der Waals surface area (Å²) in [5, 5.41) is 5.81. The van der Waals surface area contributed by atoms with Gasteiger partial charge in [0.25, 0.3) is 0 Å². The Bertz CT molecular complexity index is 597. The number of rotatable bonds is 9. The van der Waals surface area contributed by atoms with Crippen molar-refractivity contribution in [2.45, 2.75) is 60.6 Å². The van der Waals surface area contributed by atoms with Gasteiger partial charge in [-0.1, -0.05) is 46.8 Å². The van der Waals surface area contributed by atoms with Gasteiger partial charge in [-0.15, -0.1) is 0 Å². The molecule has 0 unspecified atom stereocenters. The highest BCUT2D eigenvalue weighted by atomic mass is 16.5. The van der Waals surface area contributed by atoms with Crippen molar-refractivity contribution in [3.05, 3.63) is 29.8 Å². The maximum Gasteiger partial charge on any atom is 0.302 e. The highest BCUT2D eigenvalue weighted by Crippen LogP contribution is 2.15. The molecular weight excluding hydrogens is 344 g/mol. The zero-order chi connectivity index (χ0) is 21.0. The number of hydrogen-bond acceptors (Lipinski definition) is 5. The molecule has 1 rings (SSSR count). The molecule has 1 aromatic carbocycles. The number of nitrogens with one attached hydrogen (secondary N) is 2. The van der Waals surface area contributed by atoms with Crippen molar-refractivity contribution in [1.82, 2.24) is 5.32 Å². The molecule has 2 N–H and O–H groups in total. The molecule has 0 aromatic heterocycles. The van der Waals surface area contributed by atoms with Gasteiger partial charge in [0, 0.05) is 24.9 Å². The summed E-state index contributed by atoms with van der Waals surface area (Å²) in [5.74, 6) is -0.728. The Kier molecular flexibility index (Phi) is 12.0. The molecule has 2 atom stereocenters. The van der Waals surface area contributed by atoms with E-state index >= 15 is 0 Å². The van der Waals surface area contributed by atoms with Gasteiger partial charge in [-0.05, 0) is 30.7 Å². The Morgan fingerprint density at radius 3 is 2.04 bits per heavy atom. The lowest BCUT2D eigenvalue weighted by Gasteiger charge is -2.20. The van der Waals surface area contributed by atoms with Crippen LogP contribution in [0.1, 0.15) is 53.5 Å². The molecule has 0 aliphatic carbocycles. The fraction of sp³-hybridized carbons (Fsp3) is 0.571. The highest BCUT2D eigenvalue weighted by molar-refractivity contribution is 5.96. The lowest BCUT2D eigenvalue weighted by molar-refractivity contribution is -0.142. The van der Waals surface area contributed by atoms with Crippen LogP contribution in [0.4, 0.5) is 5.69 Å². The quantitative estimate of drug-likeness (QED) is 0.642. The molecule has 6 nitrogen and oxygen atoms in total. The molecule has 1 aromatic rings. The first kappa shape index (κ1) is 24.8. The fourth-order valence-electron chi connectivity index (χ4n) is 2.52. The van der Waals surface area contributed by atoms with Gasteiger partial charge in [0.1, 0.15) is 6.61 Å². The molecule has 0 bridgehead atoms. The van der Waals surface area contributed by atoms with E-state index in [1.807, 2.05) is 27.7 Å². The van der Waals surface area contributed by atoms with Crippen LogP contribution in [0.3, 0.4) is 0 Å². The van der Waals surface area contributed by atoms with E-state index in [-0.39, 0.29) is 42.6 Å². The maximum atomic E-state index is 12.3. The Labute approximate surface area is 163 Å². The Hall–Kier alpha value is -2.21. The maximum absolute atomic E-state index is 12.3. The second-order valence-electron chi connectivity index (χ2n) is 6.55. The molecule has 1 amide bonds. The van der Waals surface area contributed by atoms with Crippen molar-refractivity contribution < 1.29 is 19.1 Å². The molecule has 0 heterocycles. The number of likely N-dealkylation sites (N-methyl/N-ethyl adjacent to an activating group) is 1. The topological polar surface area (TPSA) is 84.5 Å². The van der Waals surface area contributed by atoms with Gasteiger partial charge in [-0.3, -0.25) is 14.4 Å². The van der Waals surface area contributed by atoms with Crippen LogP contribution in [0.25, 0.3) is 0 Å². The van der Waals surface area contributed by atoms with Gasteiger partial charge in [0.15, 0.2) is 5.78 Å². The van der Waals surface area contributed by atoms with E-state index in [9.17, 15) is 14.4 Å². The molecule has 0 saturated carbocycles. The van der Waals surface area contributed by atoms with Crippen molar-refractivity contribution in [3.8, 4) is 0 Å². The summed E-state index contributed by atoms with van der Waals surface area (Å²) in [6, 6.07) is 6.82. The van der Waals surface area contributed by atoms with E-state index in [2.05, 4.69) is 10.6 Å². The molecule has 0 aliphatic rings. The van der Waals surface area contributed by atoms with Gasteiger partial charge in [0.2, 0.25) is 5.91 Å². The number of hydrogen-bond donors (Lipinski definition) is 2. The van der Waals surface area contributed by atoms with Gasteiger partial charge in [-0.2, -0.15) is 0 Å². The zero-order valence-corrected chi connectivity index (χ0v) is 17.6. The number of ketones is 1. The van der Waals surface area contributed by atoms with Gasteiger partial charge in [0.05, 0.1) is 6.04 Å². The van der Waals surface area contributed by atoms with E-state index in [1.165, 1.54) is 6.92 Å². The highest BCUT2D eigenvalue weighted by Gasteiger charge is 2.24. The van der Waals surface area contributed by atoms with E-state index in [0.717, 1.165) is 5.56 Å². The number of anilines is 1. The zero-order valence-electron chi connectivity index (χ0n) is 17.6. The molecule has 0 fully saturated rings. The fourth-order valence-corrected chi connectivity index (χ4v) is 2.52. The van der Waals surface area contributed by atoms with Crippen LogP contribution in [-0.2, 0) is 25.7 Å².